The zero-order chi connectivity index (χ0) is 28.9. The number of hydrogen-bond acceptors (Lipinski definition) is 5. The lowest BCUT2D eigenvalue weighted by atomic mass is 9.70. The SMILES string of the molecule is COC1CC([C@@H](c2cccc(-n3cc4c(C(F)(F)F)cc(CN5CCC[C@H](C)C5)cn4c3=O)c2)c2nncn2C)C1. The van der Waals surface area contributed by atoms with Crippen LogP contribution in [-0.2, 0) is 24.5 Å². The van der Waals surface area contributed by atoms with Gasteiger partial charge in [0.15, 0.2) is 0 Å². The van der Waals surface area contributed by atoms with Crippen LogP contribution >= 0.6 is 0 Å². The molecule has 1 aliphatic carbocycles. The van der Waals surface area contributed by atoms with Crippen molar-refractivity contribution >= 4 is 5.52 Å². The smallest absolute Gasteiger partial charge is 0.381 e. The number of aryl methyl sites for hydroxylation is 1. The number of benzene rings is 1. The molecule has 0 amide bonds. The van der Waals surface area contributed by atoms with Gasteiger partial charge >= 0.3 is 11.9 Å². The highest BCUT2D eigenvalue weighted by Crippen LogP contribution is 2.44. The number of likely N-dealkylation sites (tertiary alicyclic amines) is 1. The number of pyridine rings is 1. The molecule has 3 aromatic heterocycles. The Kier molecular flexibility index (Phi) is 7.27. The summed E-state index contributed by atoms with van der Waals surface area (Å²) in [6, 6.07) is 8.64. The summed E-state index contributed by atoms with van der Waals surface area (Å²) < 4.78 is 52.7. The van der Waals surface area contributed by atoms with Gasteiger partial charge in [0.1, 0.15) is 12.2 Å². The van der Waals surface area contributed by atoms with Crippen molar-refractivity contribution in [1.82, 2.24) is 28.6 Å². The van der Waals surface area contributed by atoms with Gasteiger partial charge in [-0.1, -0.05) is 19.1 Å². The van der Waals surface area contributed by atoms with Crippen molar-refractivity contribution in [3.8, 4) is 5.69 Å². The third-order valence-corrected chi connectivity index (χ3v) is 8.74. The molecule has 1 saturated carbocycles. The molecule has 41 heavy (non-hydrogen) atoms. The Morgan fingerprint density at radius 2 is 1.98 bits per heavy atom. The predicted octanol–water partition coefficient (Wildman–Crippen LogP) is 5.03. The normalized spacial score (nSPS) is 22.6. The van der Waals surface area contributed by atoms with E-state index < -0.39 is 17.4 Å². The number of fused-ring (bicyclic) bond motifs is 1. The number of alkyl halides is 3. The van der Waals surface area contributed by atoms with Crippen LogP contribution in [0.4, 0.5) is 13.2 Å². The van der Waals surface area contributed by atoms with Gasteiger partial charge in [-0.2, -0.15) is 13.2 Å². The van der Waals surface area contributed by atoms with E-state index in [1.165, 1.54) is 16.8 Å². The van der Waals surface area contributed by atoms with Gasteiger partial charge in [0.25, 0.3) is 0 Å². The second kappa shape index (κ2) is 10.8. The molecule has 2 aliphatic rings. The van der Waals surface area contributed by atoms with Gasteiger partial charge < -0.3 is 9.30 Å². The van der Waals surface area contributed by atoms with Crippen molar-refractivity contribution in [2.75, 3.05) is 20.2 Å². The van der Waals surface area contributed by atoms with Crippen molar-refractivity contribution in [1.29, 1.82) is 0 Å². The van der Waals surface area contributed by atoms with Crippen LogP contribution in [0.5, 0.6) is 0 Å². The van der Waals surface area contributed by atoms with E-state index in [9.17, 15) is 18.0 Å². The van der Waals surface area contributed by atoms with Gasteiger partial charge in [-0.05, 0) is 73.4 Å². The quantitative estimate of drug-likeness (QED) is 0.313. The number of rotatable bonds is 7. The summed E-state index contributed by atoms with van der Waals surface area (Å²) in [5, 5.41) is 8.44. The highest BCUT2D eigenvalue weighted by molar-refractivity contribution is 5.58. The Labute approximate surface area is 236 Å². The molecule has 4 heterocycles. The van der Waals surface area contributed by atoms with Crippen LogP contribution in [0.15, 0.2) is 53.8 Å². The number of methoxy groups -OCH3 is 1. The molecular formula is C30H35F3N6O2. The molecule has 6 rings (SSSR count). The van der Waals surface area contributed by atoms with E-state index in [2.05, 4.69) is 22.0 Å². The van der Waals surface area contributed by atoms with E-state index in [-0.39, 0.29) is 23.5 Å². The summed E-state index contributed by atoms with van der Waals surface area (Å²) in [6.45, 7) is 4.21. The topological polar surface area (TPSA) is 69.6 Å². The third kappa shape index (κ3) is 5.32. The fourth-order valence-electron chi connectivity index (χ4n) is 6.58. The largest absolute Gasteiger partial charge is 0.418 e. The molecule has 0 spiro atoms. The van der Waals surface area contributed by atoms with Gasteiger partial charge in [0.05, 0.1) is 22.9 Å². The van der Waals surface area contributed by atoms with Crippen LogP contribution < -0.4 is 5.69 Å². The monoisotopic (exact) mass is 568 g/mol. The van der Waals surface area contributed by atoms with Gasteiger partial charge in [-0.15, -0.1) is 10.2 Å². The number of ether oxygens (including phenoxy) is 1. The zero-order valence-electron chi connectivity index (χ0n) is 23.5. The van der Waals surface area contributed by atoms with E-state index in [1.54, 1.807) is 25.7 Å². The Balaban J connectivity index is 1.41. The molecule has 0 N–H and O–H groups in total. The van der Waals surface area contributed by atoms with Gasteiger partial charge in [0, 0.05) is 45.6 Å². The molecule has 218 valence electrons. The Hall–Kier alpha value is -3.44. The highest BCUT2D eigenvalue weighted by atomic mass is 19.4. The first-order valence-corrected chi connectivity index (χ1v) is 14.2. The Bertz CT molecular complexity index is 1600. The van der Waals surface area contributed by atoms with Crippen molar-refractivity contribution < 1.29 is 17.9 Å². The number of piperidine rings is 1. The van der Waals surface area contributed by atoms with Crippen LogP contribution in [0.3, 0.4) is 0 Å². The number of hydrogen-bond donors (Lipinski definition) is 0. The summed E-state index contributed by atoms with van der Waals surface area (Å²) in [5.74, 6) is 1.47. The Morgan fingerprint density at radius 3 is 2.66 bits per heavy atom. The minimum Gasteiger partial charge on any atom is -0.381 e. The predicted molar refractivity (Wildman–Crippen MR) is 148 cm³/mol. The first-order valence-electron chi connectivity index (χ1n) is 14.2. The number of nitrogens with zero attached hydrogens (tertiary/aromatic N) is 6. The minimum absolute atomic E-state index is 0.0918. The van der Waals surface area contributed by atoms with Crippen LogP contribution in [0, 0.1) is 11.8 Å². The van der Waals surface area contributed by atoms with E-state index in [0.717, 1.165) is 54.6 Å². The summed E-state index contributed by atoms with van der Waals surface area (Å²) in [6.07, 6.45) is 3.97. The maximum atomic E-state index is 14.3. The van der Waals surface area contributed by atoms with E-state index in [4.69, 9.17) is 4.74 Å². The molecular weight excluding hydrogens is 533 g/mol. The lowest BCUT2D eigenvalue weighted by molar-refractivity contribution is -0.136. The lowest BCUT2D eigenvalue weighted by Gasteiger charge is -2.39. The van der Waals surface area contributed by atoms with Crippen LogP contribution in [0.2, 0.25) is 0 Å². The van der Waals surface area contributed by atoms with Crippen LogP contribution in [0.25, 0.3) is 11.2 Å². The van der Waals surface area contributed by atoms with Crippen molar-refractivity contribution in [3.63, 3.8) is 0 Å². The molecule has 0 bridgehead atoms. The van der Waals surface area contributed by atoms with Gasteiger partial charge in [-0.3, -0.25) is 13.9 Å². The van der Waals surface area contributed by atoms with Crippen LogP contribution in [0.1, 0.15) is 61.0 Å². The standard InChI is InChI=1S/C30H35F3N6O2/c1-19-6-5-9-37(14-19)15-20-10-25(30(31,32)33)26-17-38(29(40)39(26)16-20)23-8-4-7-21(11-23)27(22-12-24(13-22)41-3)28-35-34-18-36(28)2/h4,7-8,10-11,16-19,22,24,27H,5-6,9,12-15H2,1-3H3/t19-,22?,24?,27+/m0/s1. The fraction of sp³-hybridized carbons (Fsp3) is 0.500. The molecule has 1 aliphatic heterocycles. The lowest BCUT2D eigenvalue weighted by Crippen LogP contribution is -2.35. The molecule has 1 saturated heterocycles. The average Bonchev–Trinajstić information content (AvgIpc) is 3.47. The Morgan fingerprint density at radius 1 is 1.17 bits per heavy atom. The summed E-state index contributed by atoms with van der Waals surface area (Å²) in [4.78, 5) is 15.8. The molecule has 0 unspecified atom stereocenters. The van der Waals surface area contributed by atoms with E-state index >= 15 is 0 Å². The molecule has 11 heteroatoms. The molecule has 0 radical (unpaired) electrons. The van der Waals surface area contributed by atoms with Gasteiger partial charge in [-0.25, -0.2) is 4.79 Å². The minimum atomic E-state index is -4.60. The highest BCUT2D eigenvalue weighted by Gasteiger charge is 2.39. The first kappa shape index (κ1) is 27.7. The maximum absolute atomic E-state index is 14.3. The average molecular weight is 569 g/mol. The third-order valence-electron chi connectivity index (χ3n) is 8.74. The van der Waals surface area contributed by atoms with Crippen LogP contribution in [-0.4, -0.2) is 54.9 Å². The fourth-order valence-corrected chi connectivity index (χ4v) is 6.58. The zero-order valence-corrected chi connectivity index (χ0v) is 23.5. The summed E-state index contributed by atoms with van der Waals surface area (Å²) >= 11 is 0. The number of imidazole rings is 1. The summed E-state index contributed by atoms with van der Waals surface area (Å²) in [7, 11) is 3.60. The maximum Gasteiger partial charge on any atom is 0.418 e. The number of aromatic nitrogens is 5. The molecule has 8 nitrogen and oxygen atoms in total. The van der Waals surface area contributed by atoms with Gasteiger partial charge in [0.2, 0.25) is 0 Å². The number of halogens is 3. The first-order chi connectivity index (χ1) is 19.6. The van der Waals surface area contributed by atoms with Crippen molar-refractivity contribution in [2.45, 2.75) is 57.3 Å². The van der Waals surface area contributed by atoms with Crippen molar-refractivity contribution in [3.05, 3.63) is 82.1 Å². The molecule has 4 aromatic rings. The van der Waals surface area contributed by atoms with E-state index in [1.807, 2.05) is 29.8 Å². The van der Waals surface area contributed by atoms with E-state index in [0.29, 0.717) is 23.7 Å². The molecule has 2 fully saturated rings. The second-order valence-corrected chi connectivity index (χ2v) is 11.7. The van der Waals surface area contributed by atoms with Crippen molar-refractivity contribution in [2.24, 2.45) is 18.9 Å². The second-order valence-electron chi connectivity index (χ2n) is 11.7. The molecule has 1 aromatic carbocycles. The molecule has 2 atom stereocenters. The summed E-state index contributed by atoms with van der Waals surface area (Å²) in [5.41, 5.74) is 0.420.